The molecule has 2 aliphatic rings. The minimum absolute atomic E-state index is 0.0139. The highest BCUT2D eigenvalue weighted by Gasteiger charge is 2.44. The van der Waals surface area contributed by atoms with Crippen LogP contribution in [0, 0.1) is 5.92 Å². The molecule has 22 heavy (non-hydrogen) atoms. The molecule has 2 bridgehead atoms. The Labute approximate surface area is 133 Å². The number of carbonyl (C=O) groups excluding carboxylic acids is 1. The van der Waals surface area contributed by atoms with Crippen LogP contribution in [0.25, 0.3) is 11.0 Å². The van der Waals surface area contributed by atoms with Gasteiger partial charge in [0.2, 0.25) is 5.91 Å². The number of benzene rings is 1. The third-order valence-electron chi connectivity index (χ3n) is 4.67. The Balaban J connectivity index is 1.48. The minimum atomic E-state index is -0.169. The van der Waals surface area contributed by atoms with Crippen LogP contribution in [0.3, 0.4) is 0 Å². The topological polar surface area (TPSA) is 67.0 Å². The zero-order valence-corrected chi connectivity index (χ0v) is 13.1. The summed E-state index contributed by atoms with van der Waals surface area (Å²) >= 11 is 5.98. The predicted molar refractivity (Wildman–Crippen MR) is 83.7 cm³/mol. The Hall–Kier alpha value is -1.59. The largest absolute Gasteiger partial charge is 0.374 e. The fourth-order valence-electron chi connectivity index (χ4n) is 3.51. The average molecular weight is 320 g/mol. The van der Waals surface area contributed by atoms with Crippen molar-refractivity contribution in [3.63, 3.8) is 0 Å². The number of nitrogens with one attached hydrogen (secondary N) is 2. The number of aromatic amines is 1. The van der Waals surface area contributed by atoms with Crippen LogP contribution in [0.2, 0.25) is 5.02 Å². The summed E-state index contributed by atoms with van der Waals surface area (Å²) in [6, 6.07) is 5.35. The van der Waals surface area contributed by atoms with Crippen LogP contribution in [-0.2, 0) is 9.53 Å². The number of hydrogen-bond donors (Lipinski definition) is 2. The van der Waals surface area contributed by atoms with Crippen LogP contribution in [0.15, 0.2) is 18.2 Å². The van der Waals surface area contributed by atoms with Crippen molar-refractivity contribution >= 4 is 28.5 Å². The monoisotopic (exact) mass is 319 g/mol. The zero-order chi connectivity index (χ0) is 15.3. The molecular weight excluding hydrogens is 302 g/mol. The number of aromatic nitrogens is 2. The lowest BCUT2D eigenvalue weighted by Gasteiger charge is -2.20. The van der Waals surface area contributed by atoms with Gasteiger partial charge < -0.3 is 15.0 Å². The molecule has 6 heteroatoms. The number of halogens is 1. The first kappa shape index (κ1) is 14.0. The molecule has 3 heterocycles. The van der Waals surface area contributed by atoms with E-state index in [1.165, 1.54) is 0 Å². The number of H-pyrrole nitrogens is 1. The fraction of sp³-hybridized carbons (Fsp3) is 0.500. The summed E-state index contributed by atoms with van der Waals surface area (Å²) in [5.41, 5.74) is 1.73. The van der Waals surface area contributed by atoms with E-state index in [2.05, 4.69) is 15.3 Å². The van der Waals surface area contributed by atoms with Crippen molar-refractivity contribution in [2.24, 2.45) is 5.92 Å². The van der Waals surface area contributed by atoms with Crippen LogP contribution < -0.4 is 5.32 Å². The highest BCUT2D eigenvalue weighted by atomic mass is 35.5. The number of hydrogen-bond acceptors (Lipinski definition) is 3. The van der Waals surface area contributed by atoms with Crippen molar-refractivity contribution in [3.05, 3.63) is 29.0 Å². The molecule has 2 aromatic rings. The van der Waals surface area contributed by atoms with Gasteiger partial charge in [-0.25, -0.2) is 4.98 Å². The maximum absolute atomic E-state index is 12.4. The second-order valence-corrected chi connectivity index (χ2v) is 6.67. The first-order valence-electron chi connectivity index (χ1n) is 7.71. The summed E-state index contributed by atoms with van der Waals surface area (Å²) in [4.78, 5) is 20.2. The molecule has 4 atom stereocenters. The maximum Gasteiger partial charge on any atom is 0.226 e. The summed E-state index contributed by atoms with van der Waals surface area (Å²) in [6.07, 6.45) is 3.32. The molecule has 1 amide bonds. The first-order chi connectivity index (χ1) is 10.6. The van der Waals surface area contributed by atoms with Crippen molar-refractivity contribution in [1.29, 1.82) is 0 Å². The molecular formula is C16H18ClN3O2. The summed E-state index contributed by atoms with van der Waals surface area (Å²) < 4.78 is 5.76. The molecule has 0 unspecified atom stereocenters. The first-order valence-corrected chi connectivity index (χ1v) is 8.09. The highest BCUT2D eigenvalue weighted by molar-refractivity contribution is 6.31. The minimum Gasteiger partial charge on any atom is -0.374 e. The molecule has 0 radical (unpaired) electrons. The normalized spacial score (nSPS) is 28.2. The Morgan fingerprint density at radius 2 is 2.36 bits per heavy atom. The lowest BCUT2D eigenvalue weighted by atomic mass is 9.88. The molecule has 2 saturated heterocycles. The van der Waals surface area contributed by atoms with Crippen LogP contribution in [-0.4, -0.2) is 28.1 Å². The van der Waals surface area contributed by atoms with E-state index in [0.29, 0.717) is 5.02 Å². The van der Waals surface area contributed by atoms with Gasteiger partial charge in [-0.2, -0.15) is 0 Å². The number of rotatable bonds is 3. The maximum atomic E-state index is 12.4. The van der Waals surface area contributed by atoms with Crippen LogP contribution in [0.1, 0.15) is 38.1 Å². The molecule has 2 fully saturated rings. The van der Waals surface area contributed by atoms with Gasteiger partial charge in [0.1, 0.15) is 5.82 Å². The number of nitrogens with zero attached hydrogens (tertiary/aromatic N) is 1. The number of fused-ring (bicyclic) bond motifs is 3. The molecule has 0 saturated carbocycles. The third-order valence-corrected chi connectivity index (χ3v) is 4.91. The van der Waals surface area contributed by atoms with E-state index < -0.39 is 0 Å². The Morgan fingerprint density at radius 1 is 1.50 bits per heavy atom. The van der Waals surface area contributed by atoms with Gasteiger partial charge in [-0.3, -0.25) is 4.79 Å². The highest BCUT2D eigenvalue weighted by Crippen LogP contribution is 2.39. The molecule has 0 aliphatic carbocycles. The summed E-state index contributed by atoms with van der Waals surface area (Å²) in [5, 5.41) is 3.72. The summed E-state index contributed by atoms with van der Waals surface area (Å²) in [5.74, 6) is 0.799. The van der Waals surface area contributed by atoms with E-state index in [-0.39, 0.29) is 30.1 Å². The van der Waals surface area contributed by atoms with Crippen LogP contribution >= 0.6 is 11.6 Å². The van der Waals surface area contributed by atoms with Crippen molar-refractivity contribution < 1.29 is 9.53 Å². The molecule has 1 aromatic heterocycles. The number of amides is 1. The van der Waals surface area contributed by atoms with Gasteiger partial charge >= 0.3 is 0 Å². The van der Waals surface area contributed by atoms with E-state index >= 15 is 0 Å². The quantitative estimate of drug-likeness (QED) is 0.914. The van der Waals surface area contributed by atoms with E-state index in [1.54, 1.807) is 0 Å². The Kier molecular flexibility index (Phi) is 3.35. The Morgan fingerprint density at radius 3 is 3.09 bits per heavy atom. The van der Waals surface area contributed by atoms with Gasteiger partial charge in [0.15, 0.2) is 0 Å². The fourth-order valence-corrected chi connectivity index (χ4v) is 3.68. The van der Waals surface area contributed by atoms with Crippen molar-refractivity contribution in [1.82, 2.24) is 15.3 Å². The second kappa shape index (κ2) is 5.25. The average Bonchev–Trinajstić information content (AvgIpc) is 3.20. The molecule has 4 rings (SSSR count). The number of imidazole rings is 1. The van der Waals surface area contributed by atoms with Crippen molar-refractivity contribution in [2.45, 2.75) is 44.4 Å². The van der Waals surface area contributed by atoms with Crippen molar-refractivity contribution in [2.75, 3.05) is 0 Å². The van der Waals surface area contributed by atoms with Crippen LogP contribution in [0.5, 0.6) is 0 Å². The molecule has 0 spiro atoms. The van der Waals surface area contributed by atoms with Gasteiger partial charge in [-0.15, -0.1) is 0 Å². The van der Waals surface area contributed by atoms with Gasteiger partial charge in [-0.05, 0) is 44.4 Å². The molecule has 2 N–H and O–H groups in total. The number of carbonyl (C=O) groups is 1. The van der Waals surface area contributed by atoms with Crippen LogP contribution in [0.4, 0.5) is 0 Å². The van der Waals surface area contributed by atoms with Gasteiger partial charge in [0, 0.05) is 5.02 Å². The van der Waals surface area contributed by atoms with Gasteiger partial charge in [-0.1, -0.05) is 11.6 Å². The molecule has 5 nitrogen and oxygen atoms in total. The molecule has 1 aromatic carbocycles. The number of ether oxygens (including phenoxy) is 1. The van der Waals surface area contributed by atoms with Crippen molar-refractivity contribution in [3.8, 4) is 0 Å². The van der Waals surface area contributed by atoms with E-state index in [1.807, 2.05) is 25.1 Å². The zero-order valence-electron chi connectivity index (χ0n) is 12.3. The smallest absolute Gasteiger partial charge is 0.226 e. The molecule has 2 aliphatic heterocycles. The summed E-state index contributed by atoms with van der Waals surface area (Å²) in [6.45, 7) is 1.94. The second-order valence-electron chi connectivity index (χ2n) is 6.23. The lowest BCUT2D eigenvalue weighted by Crippen LogP contribution is -2.37. The standard InChI is InChI=1S/C16H18ClN3O2/c1-8(15-19-12-4-2-9(17)6-13(12)20-15)18-16(21)11-7-10-3-5-14(11)22-10/h2,4,6,8,10-11,14H,3,5,7H2,1H3,(H,18,21)(H,19,20)/t8-,10-,11-,14-/m1/s1. The summed E-state index contributed by atoms with van der Waals surface area (Å²) in [7, 11) is 0. The van der Waals surface area contributed by atoms with E-state index in [4.69, 9.17) is 16.3 Å². The Bertz CT molecular complexity index is 729. The predicted octanol–water partition coefficient (Wildman–Crippen LogP) is 2.96. The third kappa shape index (κ3) is 2.38. The SMILES string of the molecule is C[C@@H](NC(=O)[C@@H]1C[C@H]2CC[C@H]1O2)c1nc2ccc(Cl)cc2[nH]1. The molecule has 116 valence electrons. The van der Waals surface area contributed by atoms with Gasteiger partial charge in [0.25, 0.3) is 0 Å². The van der Waals surface area contributed by atoms with Gasteiger partial charge in [0.05, 0.1) is 35.2 Å². The van der Waals surface area contributed by atoms with E-state index in [9.17, 15) is 4.79 Å². The van der Waals surface area contributed by atoms with E-state index in [0.717, 1.165) is 36.1 Å². The lowest BCUT2D eigenvalue weighted by molar-refractivity contribution is -0.127.